The minimum atomic E-state index is -0.181. The molecule has 0 aromatic heterocycles. The van der Waals surface area contributed by atoms with Crippen molar-refractivity contribution in [2.24, 2.45) is 0 Å². The molecule has 0 radical (unpaired) electrons. The number of aryl methyl sites for hydroxylation is 2. The number of carbonyl (C=O) groups excluding carboxylic acids is 2. The Balaban J connectivity index is 1.96. The van der Waals surface area contributed by atoms with Crippen molar-refractivity contribution >= 4 is 17.5 Å². The van der Waals surface area contributed by atoms with Gasteiger partial charge in [0.15, 0.2) is 0 Å². The van der Waals surface area contributed by atoms with Gasteiger partial charge in [-0.3, -0.25) is 14.5 Å². The fourth-order valence-electron chi connectivity index (χ4n) is 2.81. The topological polar surface area (TPSA) is 61.4 Å². The molecule has 2 rings (SSSR count). The molecule has 1 saturated heterocycles. The third-order valence-electron chi connectivity index (χ3n) is 3.92. The number of likely N-dealkylation sites (N-methyl/N-ethyl adjacent to an activating group) is 1. The van der Waals surface area contributed by atoms with Gasteiger partial charge in [-0.25, -0.2) is 0 Å². The number of likely N-dealkylation sites (tertiary alicyclic amines) is 1. The number of hydrogen-bond acceptors (Lipinski definition) is 3. The minimum absolute atomic E-state index is 0.00758. The summed E-state index contributed by atoms with van der Waals surface area (Å²) in [5, 5.41) is 5.59. The molecular formula is C16H23N3O2. The molecule has 1 aliphatic rings. The molecule has 1 heterocycles. The molecule has 1 unspecified atom stereocenters. The average molecular weight is 289 g/mol. The highest BCUT2D eigenvalue weighted by atomic mass is 16.2. The maximum Gasteiger partial charge on any atom is 0.238 e. The Bertz CT molecular complexity index is 542. The summed E-state index contributed by atoms with van der Waals surface area (Å²) in [7, 11) is 1.63. The highest BCUT2D eigenvalue weighted by Crippen LogP contribution is 2.19. The van der Waals surface area contributed by atoms with Crippen LogP contribution in [0.3, 0.4) is 0 Å². The number of nitrogens with zero attached hydrogens (tertiary/aromatic N) is 1. The monoisotopic (exact) mass is 289 g/mol. The zero-order chi connectivity index (χ0) is 15.4. The maximum absolute atomic E-state index is 12.2. The van der Waals surface area contributed by atoms with Crippen LogP contribution in [0.5, 0.6) is 0 Å². The first-order chi connectivity index (χ1) is 10.0. The van der Waals surface area contributed by atoms with E-state index in [0.29, 0.717) is 0 Å². The third kappa shape index (κ3) is 3.82. The highest BCUT2D eigenvalue weighted by molar-refractivity contribution is 5.93. The molecule has 2 amide bonds. The Hall–Kier alpha value is -1.88. The van der Waals surface area contributed by atoms with E-state index < -0.39 is 0 Å². The van der Waals surface area contributed by atoms with Crippen molar-refractivity contribution in [3.63, 3.8) is 0 Å². The Kier molecular flexibility index (Phi) is 4.96. The van der Waals surface area contributed by atoms with Crippen molar-refractivity contribution in [3.05, 3.63) is 29.3 Å². The van der Waals surface area contributed by atoms with Gasteiger partial charge < -0.3 is 10.6 Å². The van der Waals surface area contributed by atoms with Gasteiger partial charge >= 0.3 is 0 Å². The first kappa shape index (κ1) is 15.5. The molecule has 1 aromatic rings. The molecule has 2 N–H and O–H groups in total. The van der Waals surface area contributed by atoms with Crippen molar-refractivity contribution in [1.82, 2.24) is 10.2 Å². The molecule has 0 saturated carbocycles. The molecule has 1 fully saturated rings. The van der Waals surface area contributed by atoms with Gasteiger partial charge in [-0.15, -0.1) is 0 Å². The molecule has 0 aliphatic carbocycles. The maximum atomic E-state index is 12.2. The van der Waals surface area contributed by atoms with Gasteiger partial charge in [0.1, 0.15) is 0 Å². The first-order valence-electron chi connectivity index (χ1n) is 7.34. The molecule has 1 atom stereocenters. The number of anilines is 1. The van der Waals surface area contributed by atoms with E-state index in [4.69, 9.17) is 0 Å². The predicted octanol–water partition coefficient (Wildman–Crippen LogP) is 1.45. The van der Waals surface area contributed by atoms with Crippen LogP contribution in [0.1, 0.15) is 24.0 Å². The molecule has 21 heavy (non-hydrogen) atoms. The molecular weight excluding hydrogens is 266 g/mol. The largest absolute Gasteiger partial charge is 0.358 e. The lowest BCUT2D eigenvalue weighted by atomic mass is 10.1. The SMILES string of the molecule is CNC(=O)C1CCCN1CC(=O)Nc1ccc(C)cc1C. The van der Waals surface area contributed by atoms with Gasteiger partial charge in [-0.1, -0.05) is 17.7 Å². The predicted molar refractivity (Wildman–Crippen MR) is 83.2 cm³/mol. The summed E-state index contributed by atoms with van der Waals surface area (Å²) >= 11 is 0. The average Bonchev–Trinajstić information content (AvgIpc) is 2.89. The summed E-state index contributed by atoms with van der Waals surface area (Å²) < 4.78 is 0. The summed E-state index contributed by atoms with van der Waals surface area (Å²) in [5.74, 6) is -0.0791. The van der Waals surface area contributed by atoms with Gasteiger partial charge in [0, 0.05) is 12.7 Å². The summed E-state index contributed by atoms with van der Waals surface area (Å²) in [6.07, 6.45) is 1.77. The normalized spacial score (nSPS) is 18.5. The van der Waals surface area contributed by atoms with Crippen LogP contribution in [0.2, 0.25) is 0 Å². The number of nitrogens with one attached hydrogen (secondary N) is 2. The third-order valence-corrected chi connectivity index (χ3v) is 3.92. The second-order valence-corrected chi connectivity index (χ2v) is 5.61. The van der Waals surface area contributed by atoms with Crippen LogP contribution in [0.15, 0.2) is 18.2 Å². The van der Waals surface area contributed by atoms with Crippen LogP contribution in [0.25, 0.3) is 0 Å². The van der Waals surface area contributed by atoms with Crippen molar-refractivity contribution < 1.29 is 9.59 Å². The van der Waals surface area contributed by atoms with E-state index in [-0.39, 0.29) is 24.4 Å². The lowest BCUT2D eigenvalue weighted by Crippen LogP contribution is -2.45. The van der Waals surface area contributed by atoms with Crippen LogP contribution < -0.4 is 10.6 Å². The molecule has 5 heteroatoms. The van der Waals surface area contributed by atoms with Crippen LogP contribution in [0.4, 0.5) is 5.69 Å². The van der Waals surface area contributed by atoms with E-state index in [1.807, 2.05) is 36.9 Å². The Morgan fingerprint density at radius 2 is 2.10 bits per heavy atom. The summed E-state index contributed by atoms with van der Waals surface area (Å²) in [4.78, 5) is 25.9. The van der Waals surface area contributed by atoms with Crippen LogP contribution in [-0.2, 0) is 9.59 Å². The van der Waals surface area contributed by atoms with E-state index in [2.05, 4.69) is 10.6 Å². The first-order valence-corrected chi connectivity index (χ1v) is 7.34. The Labute approximate surface area is 125 Å². The molecule has 5 nitrogen and oxygen atoms in total. The summed E-state index contributed by atoms with van der Waals surface area (Å²) in [5.41, 5.74) is 3.05. The second-order valence-electron chi connectivity index (χ2n) is 5.61. The quantitative estimate of drug-likeness (QED) is 0.882. The smallest absolute Gasteiger partial charge is 0.238 e. The van der Waals surface area contributed by atoms with Crippen molar-refractivity contribution in [2.75, 3.05) is 25.5 Å². The summed E-state index contributed by atoms with van der Waals surface area (Å²) in [6, 6.07) is 5.76. The zero-order valence-electron chi connectivity index (χ0n) is 12.9. The molecule has 1 aromatic carbocycles. The van der Waals surface area contributed by atoms with Crippen molar-refractivity contribution in [3.8, 4) is 0 Å². The molecule has 114 valence electrons. The van der Waals surface area contributed by atoms with Crippen molar-refractivity contribution in [2.45, 2.75) is 32.7 Å². The van der Waals surface area contributed by atoms with E-state index in [1.54, 1.807) is 7.05 Å². The molecule has 0 bridgehead atoms. The number of carbonyl (C=O) groups is 2. The van der Waals surface area contributed by atoms with Gasteiger partial charge in [-0.05, 0) is 44.9 Å². The van der Waals surface area contributed by atoms with Gasteiger partial charge in [0.2, 0.25) is 11.8 Å². The number of rotatable bonds is 4. The van der Waals surface area contributed by atoms with Crippen LogP contribution >= 0.6 is 0 Å². The zero-order valence-corrected chi connectivity index (χ0v) is 12.9. The highest BCUT2D eigenvalue weighted by Gasteiger charge is 2.31. The molecule has 1 aliphatic heterocycles. The van der Waals surface area contributed by atoms with Crippen LogP contribution in [-0.4, -0.2) is 42.9 Å². The number of hydrogen-bond donors (Lipinski definition) is 2. The minimum Gasteiger partial charge on any atom is -0.358 e. The van der Waals surface area contributed by atoms with Gasteiger partial charge in [0.25, 0.3) is 0 Å². The van der Waals surface area contributed by atoms with Gasteiger partial charge in [0.05, 0.1) is 12.6 Å². The Morgan fingerprint density at radius 3 is 2.76 bits per heavy atom. The lowest BCUT2D eigenvalue weighted by Gasteiger charge is -2.22. The van der Waals surface area contributed by atoms with E-state index >= 15 is 0 Å². The Morgan fingerprint density at radius 1 is 1.33 bits per heavy atom. The lowest BCUT2D eigenvalue weighted by molar-refractivity contribution is -0.126. The number of benzene rings is 1. The standard InChI is InChI=1S/C16H23N3O2/c1-11-6-7-13(12(2)9-11)18-15(20)10-19-8-4-5-14(19)16(21)17-3/h6-7,9,14H,4-5,8,10H2,1-3H3,(H,17,21)(H,18,20). The number of amides is 2. The van der Waals surface area contributed by atoms with E-state index in [9.17, 15) is 9.59 Å². The van der Waals surface area contributed by atoms with Crippen LogP contribution in [0, 0.1) is 13.8 Å². The molecule has 0 spiro atoms. The fourth-order valence-corrected chi connectivity index (χ4v) is 2.81. The van der Waals surface area contributed by atoms with E-state index in [0.717, 1.165) is 30.6 Å². The fraction of sp³-hybridized carbons (Fsp3) is 0.500. The van der Waals surface area contributed by atoms with Gasteiger partial charge in [-0.2, -0.15) is 0 Å². The summed E-state index contributed by atoms with van der Waals surface area (Å²) in [6.45, 7) is 5.05. The second kappa shape index (κ2) is 6.72. The van der Waals surface area contributed by atoms with Crippen molar-refractivity contribution in [1.29, 1.82) is 0 Å². The van der Waals surface area contributed by atoms with E-state index in [1.165, 1.54) is 5.56 Å².